The number of methoxy groups -OCH3 is 1. The van der Waals surface area contributed by atoms with Crippen LogP contribution in [0.3, 0.4) is 0 Å². The van der Waals surface area contributed by atoms with Crippen molar-refractivity contribution in [2.45, 2.75) is 13.3 Å². The van der Waals surface area contributed by atoms with Crippen LogP contribution >= 0.6 is 12.2 Å². The Bertz CT molecular complexity index is 673. The van der Waals surface area contributed by atoms with Crippen LogP contribution in [0.15, 0.2) is 36.4 Å². The molecule has 0 aromatic heterocycles. The molecule has 0 aliphatic heterocycles. The van der Waals surface area contributed by atoms with Crippen LogP contribution in [0.25, 0.3) is 0 Å². The third-order valence-corrected chi connectivity index (χ3v) is 3.28. The molecule has 2 aromatic carbocycles. The summed E-state index contributed by atoms with van der Waals surface area (Å²) in [6, 6.07) is 10.0. The molecule has 5 heteroatoms. The highest BCUT2D eigenvalue weighted by atomic mass is 32.1. The van der Waals surface area contributed by atoms with Gasteiger partial charge in [-0.3, -0.25) is 0 Å². The fourth-order valence-corrected chi connectivity index (χ4v) is 2.16. The molecule has 2 rings (SSSR count). The summed E-state index contributed by atoms with van der Waals surface area (Å²) in [5.41, 5.74) is 6.78. The smallest absolute Gasteiger partial charge is 0.169 e. The summed E-state index contributed by atoms with van der Waals surface area (Å²) < 4.78 is 24.9. The first-order valence-corrected chi connectivity index (χ1v) is 6.90. The first kappa shape index (κ1) is 15.3. The van der Waals surface area contributed by atoms with E-state index in [-0.39, 0.29) is 16.3 Å². The van der Waals surface area contributed by atoms with Crippen molar-refractivity contribution in [3.8, 4) is 17.2 Å². The summed E-state index contributed by atoms with van der Waals surface area (Å²) in [5.74, 6) is 0.819. The molecular formula is C16H16FNO2S. The maximum Gasteiger partial charge on any atom is 0.169 e. The minimum atomic E-state index is -0.510. The van der Waals surface area contributed by atoms with E-state index in [9.17, 15) is 4.39 Å². The Kier molecular flexibility index (Phi) is 4.75. The summed E-state index contributed by atoms with van der Waals surface area (Å²) in [6.45, 7) is 2.05. The van der Waals surface area contributed by atoms with Crippen LogP contribution in [0.2, 0.25) is 0 Å². The fourth-order valence-electron chi connectivity index (χ4n) is 1.96. The number of benzene rings is 2. The van der Waals surface area contributed by atoms with Gasteiger partial charge in [-0.2, -0.15) is 0 Å². The zero-order chi connectivity index (χ0) is 15.4. The second kappa shape index (κ2) is 6.54. The molecule has 0 heterocycles. The maximum atomic E-state index is 13.8. The van der Waals surface area contributed by atoms with Gasteiger partial charge in [0.05, 0.1) is 12.7 Å². The normalized spacial score (nSPS) is 10.2. The van der Waals surface area contributed by atoms with Crippen molar-refractivity contribution in [2.75, 3.05) is 7.11 Å². The molecular weight excluding hydrogens is 289 g/mol. The van der Waals surface area contributed by atoms with Crippen LogP contribution in [-0.2, 0) is 6.42 Å². The van der Waals surface area contributed by atoms with E-state index >= 15 is 0 Å². The topological polar surface area (TPSA) is 44.5 Å². The van der Waals surface area contributed by atoms with E-state index in [0.29, 0.717) is 11.5 Å². The van der Waals surface area contributed by atoms with Gasteiger partial charge in [0.15, 0.2) is 11.5 Å². The molecule has 0 saturated carbocycles. The van der Waals surface area contributed by atoms with Crippen molar-refractivity contribution in [3.05, 3.63) is 53.3 Å². The Morgan fingerprint density at radius 1 is 1.19 bits per heavy atom. The minimum absolute atomic E-state index is 0.0488. The molecule has 0 radical (unpaired) electrons. The molecule has 2 N–H and O–H groups in total. The Morgan fingerprint density at radius 2 is 1.95 bits per heavy atom. The lowest BCUT2D eigenvalue weighted by atomic mass is 10.1. The number of nitrogens with two attached hydrogens (primary N) is 1. The van der Waals surface area contributed by atoms with Crippen molar-refractivity contribution >= 4 is 17.2 Å². The van der Waals surface area contributed by atoms with Gasteiger partial charge in [0.2, 0.25) is 0 Å². The molecule has 0 atom stereocenters. The average molecular weight is 305 g/mol. The lowest BCUT2D eigenvalue weighted by Gasteiger charge is -2.14. The Balaban J connectivity index is 2.43. The number of hydrogen-bond acceptors (Lipinski definition) is 3. The van der Waals surface area contributed by atoms with Gasteiger partial charge in [-0.15, -0.1) is 0 Å². The Labute approximate surface area is 128 Å². The van der Waals surface area contributed by atoms with Gasteiger partial charge in [0.1, 0.15) is 16.6 Å². The summed E-state index contributed by atoms with van der Waals surface area (Å²) in [6.07, 6.45) is 0.884. The van der Waals surface area contributed by atoms with Crippen LogP contribution in [0.4, 0.5) is 4.39 Å². The highest BCUT2D eigenvalue weighted by molar-refractivity contribution is 7.80. The zero-order valence-corrected chi connectivity index (χ0v) is 12.7. The molecule has 3 nitrogen and oxygen atoms in total. The zero-order valence-electron chi connectivity index (χ0n) is 11.9. The highest BCUT2D eigenvalue weighted by Gasteiger charge is 2.15. The monoisotopic (exact) mass is 305 g/mol. The molecule has 110 valence electrons. The van der Waals surface area contributed by atoms with E-state index in [2.05, 4.69) is 0 Å². The Hall–Kier alpha value is -2.14. The van der Waals surface area contributed by atoms with E-state index in [1.165, 1.54) is 6.07 Å². The van der Waals surface area contributed by atoms with Gasteiger partial charge >= 0.3 is 0 Å². The van der Waals surface area contributed by atoms with E-state index in [0.717, 1.165) is 12.0 Å². The van der Waals surface area contributed by atoms with Crippen molar-refractivity contribution in [1.29, 1.82) is 0 Å². The molecule has 0 spiro atoms. The van der Waals surface area contributed by atoms with Crippen molar-refractivity contribution < 1.29 is 13.9 Å². The van der Waals surface area contributed by atoms with Gasteiger partial charge in [-0.1, -0.05) is 31.3 Å². The lowest BCUT2D eigenvalue weighted by Crippen LogP contribution is -2.13. The molecule has 0 fully saturated rings. The second-order valence-electron chi connectivity index (χ2n) is 4.42. The van der Waals surface area contributed by atoms with Crippen LogP contribution in [0.1, 0.15) is 18.1 Å². The van der Waals surface area contributed by atoms with E-state index in [4.69, 9.17) is 27.4 Å². The van der Waals surface area contributed by atoms with Gasteiger partial charge < -0.3 is 15.2 Å². The molecule has 0 unspecified atom stereocenters. The molecule has 0 saturated heterocycles. The molecule has 0 amide bonds. The standard InChI is InChI=1S/C16H16FNO2S/c1-3-10-7-8-12(14(9-10)19-2)20-13-6-4-5-11(17)15(13)16(18)21/h4-9H,3H2,1-2H3,(H2,18,21). The summed E-state index contributed by atoms with van der Waals surface area (Å²) in [4.78, 5) is -0.0488. The first-order valence-electron chi connectivity index (χ1n) is 6.50. The minimum Gasteiger partial charge on any atom is -0.493 e. The molecule has 2 aromatic rings. The van der Waals surface area contributed by atoms with Crippen LogP contribution in [0, 0.1) is 5.82 Å². The van der Waals surface area contributed by atoms with E-state index in [1.54, 1.807) is 25.3 Å². The van der Waals surface area contributed by atoms with Crippen LogP contribution in [-0.4, -0.2) is 12.1 Å². The molecule has 0 bridgehead atoms. The van der Waals surface area contributed by atoms with Crippen molar-refractivity contribution in [2.24, 2.45) is 5.73 Å². The first-order chi connectivity index (χ1) is 10.1. The quantitative estimate of drug-likeness (QED) is 0.853. The molecule has 0 aliphatic rings. The van der Waals surface area contributed by atoms with Crippen LogP contribution < -0.4 is 15.2 Å². The molecule has 0 aliphatic carbocycles. The average Bonchev–Trinajstić information content (AvgIpc) is 2.47. The van der Waals surface area contributed by atoms with Gasteiger partial charge in [-0.25, -0.2) is 4.39 Å². The summed E-state index contributed by atoms with van der Waals surface area (Å²) >= 11 is 4.88. The third-order valence-electron chi connectivity index (χ3n) is 3.08. The number of hydrogen-bond donors (Lipinski definition) is 1. The predicted molar refractivity (Wildman–Crippen MR) is 84.7 cm³/mol. The molecule has 21 heavy (non-hydrogen) atoms. The van der Waals surface area contributed by atoms with Gasteiger partial charge in [-0.05, 0) is 36.2 Å². The number of rotatable bonds is 5. The number of thiocarbonyl (C=S) groups is 1. The van der Waals surface area contributed by atoms with Crippen LogP contribution in [0.5, 0.6) is 17.2 Å². The lowest BCUT2D eigenvalue weighted by molar-refractivity contribution is 0.377. The number of aryl methyl sites for hydroxylation is 1. The van der Waals surface area contributed by atoms with Crippen molar-refractivity contribution in [3.63, 3.8) is 0 Å². The predicted octanol–water partition coefficient (Wildman–Crippen LogP) is 3.82. The van der Waals surface area contributed by atoms with E-state index in [1.807, 2.05) is 19.1 Å². The Morgan fingerprint density at radius 3 is 2.57 bits per heavy atom. The summed E-state index contributed by atoms with van der Waals surface area (Å²) in [7, 11) is 1.56. The van der Waals surface area contributed by atoms with Gasteiger partial charge in [0, 0.05) is 0 Å². The SMILES string of the molecule is CCc1ccc(Oc2cccc(F)c2C(N)=S)c(OC)c1. The fraction of sp³-hybridized carbons (Fsp3) is 0.188. The van der Waals surface area contributed by atoms with E-state index < -0.39 is 5.82 Å². The van der Waals surface area contributed by atoms with Crippen molar-refractivity contribution in [1.82, 2.24) is 0 Å². The summed E-state index contributed by atoms with van der Waals surface area (Å²) in [5, 5.41) is 0. The maximum absolute atomic E-state index is 13.8. The largest absolute Gasteiger partial charge is 0.493 e. The third kappa shape index (κ3) is 3.31. The van der Waals surface area contributed by atoms with Gasteiger partial charge in [0.25, 0.3) is 0 Å². The number of ether oxygens (including phenoxy) is 2. The highest BCUT2D eigenvalue weighted by Crippen LogP contribution is 2.34. The second-order valence-corrected chi connectivity index (χ2v) is 4.86. The number of halogens is 1.